The van der Waals surface area contributed by atoms with Crippen LogP contribution in [-0.4, -0.2) is 13.5 Å². The Balaban J connectivity index is 2.28. The molecule has 0 radical (unpaired) electrons. The number of benzene rings is 2. The average molecular weight is 291 g/mol. The van der Waals surface area contributed by atoms with E-state index in [1.165, 1.54) is 6.07 Å². The maximum atomic E-state index is 12.4. The largest absolute Gasteiger partial charge is 0.392 e. The first-order chi connectivity index (χ1) is 9.54. The molecule has 1 unspecified atom stereocenters. The lowest BCUT2D eigenvalue weighted by Gasteiger charge is -2.16. The van der Waals surface area contributed by atoms with Crippen LogP contribution >= 0.6 is 0 Å². The number of hydrogen-bond acceptors (Lipinski definition) is 3. The normalized spacial score (nSPS) is 13.1. The summed E-state index contributed by atoms with van der Waals surface area (Å²) >= 11 is 0. The van der Waals surface area contributed by atoms with Crippen molar-refractivity contribution < 1.29 is 13.5 Å². The van der Waals surface area contributed by atoms with Crippen molar-refractivity contribution in [3.8, 4) is 0 Å². The minimum absolute atomic E-state index is 0.116. The van der Waals surface area contributed by atoms with Crippen LogP contribution < -0.4 is 4.72 Å². The van der Waals surface area contributed by atoms with Crippen molar-refractivity contribution >= 4 is 10.0 Å². The fraction of sp³-hybridized carbons (Fsp3) is 0.200. The smallest absolute Gasteiger partial charge is 0.241 e. The molecule has 106 valence electrons. The van der Waals surface area contributed by atoms with Crippen molar-refractivity contribution in [1.82, 2.24) is 4.72 Å². The summed E-state index contributed by atoms with van der Waals surface area (Å²) < 4.78 is 27.4. The molecule has 20 heavy (non-hydrogen) atoms. The van der Waals surface area contributed by atoms with E-state index < -0.39 is 10.0 Å². The van der Waals surface area contributed by atoms with Crippen LogP contribution in [0, 0.1) is 0 Å². The van der Waals surface area contributed by atoms with Crippen LogP contribution in [0.4, 0.5) is 0 Å². The van der Waals surface area contributed by atoms with Crippen LogP contribution in [0.3, 0.4) is 0 Å². The van der Waals surface area contributed by atoms with E-state index in [0.29, 0.717) is 5.56 Å². The van der Waals surface area contributed by atoms with Crippen LogP contribution in [0.25, 0.3) is 0 Å². The lowest BCUT2D eigenvalue weighted by atomic mass is 10.1. The molecule has 0 aliphatic rings. The summed E-state index contributed by atoms with van der Waals surface area (Å²) in [5.41, 5.74) is 1.28. The molecule has 0 saturated carbocycles. The second-order valence-electron chi connectivity index (χ2n) is 4.52. The maximum Gasteiger partial charge on any atom is 0.241 e. The molecule has 0 fully saturated rings. The lowest BCUT2D eigenvalue weighted by Crippen LogP contribution is -2.27. The fourth-order valence-corrected chi connectivity index (χ4v) is 3.47. The van der Waals surface area contributed by atoms with Gasteiger partial charge in [-0.2, -0.15) is 0 Å². The third-order valence-corrected chi connectivity index (χ3v) is 4.71. The van der Waals surface area contributed by atoms with E-state index in [-0.39, 0.29) is 17.5 Å². The van der Waals surface area contributed by atoms with Crippen LogP contribution in [0.5, 0.6) is 0 Å². The summed E-state index contributed by atoms with van der Waals surface area (Å²) in [5, 5.41) is 9.24. The SMILES string of the molecule is CC(NS(=O)(=O)c1ccccc1CO)c1ccccc1. The Morgan fingerprint density at radius 1 is 1.05 bits per heavy atom. The van der Waals surface area contributed by atoms with Gasteiger partial charge >= 0.3 is 0 Å². The summed E-state index contributed by atoms with van der Waals surface area (Å²) in [4.78, 5) is 0.116. The van der Waals surface area contributed by atoms with Crippen LogP contribution in [0.2, 0.25) is 0 Å². The lowest BCUT2D eigenvalue weighted by molar-refractivity contribution is 0.278. The third-order valence-electron chi connectivity index (χ3n) is 3.06. The first kappa shape index (κ1) is 14.7. The summed E-state index contributed by atoms with van der Waals surface area (Å²) in [6.45, 7) is 1.48. The molecule has 5 heteroatoms. The zero-order chi connectivity index (χ0) is 14.6. The molecule has 0 aromatic heterocycles. The summed E-state index contributed by atoms with van der Waals surface area (Å²) in [5.74, 6) is 0. The number of rotatable bonds is 5. The van der Waals surface area contributed by atoms with E-state index in [4.69, 9.17) is 0 Å². The van der Waals surface area contributed by atoms with Crippen molar-refractivity contribution in [2.75, 3.05) is 0 Å². The van der Waals surface area contributed by atoms with Gasteiger partial charge in [0.25, 0.3) is 0 Å². The Morgan fingerprint density at radius 3 is 2.30 bits per heavy atom. The van der Waals surface area contributed by atoms with Crippen LogP contribution in [0.1, 0.15) is 24.1 Å². The Bertz CT molecular complexity index is 669. The van der Waals surface area contributed by atoms with Crippen LogP contribution in [0.15, 0.2) is 59.5 Å². The Labute approximate surface area is 119 Å². The van der Waals surface area contributed by atoms with E-state index >= 15 is 0 Å². The van der Waals surface area contributed by atoms with Gasteiger partial charge in [0.2, 0.25) is 10.0 Å². The highest BCUT2D eigenvalue weighted by Crippen LogP contribution is 2.19. The zero-order valence-electron chi connectivity index (χ0n) is 11.2. The molecule has 0 bridgehead atoms. The van der Waals surface area contributed by atoms with Gasteiger partial charge in [-0.1, -0.05) is 48.5 Å². The molecule has 0 spiro atoms. The van der Waals surface area contributed by atoms with Gasteiger partial charge in [0.1, 0.15) is 0 Å². The summed E-state index contributed by atoms with van der Waals surface area (Å²) in [7, 11) is -3.66. The predicted octanol–water partition coefficient (Wildman–Crippen LogP) is 2.22. The Kier molecular flexibility index (Phi) is 4.54. The predicted molar refractivity (Wildman–Crippen MR) is 77.5 cm³/mol. The number of aliphatic hydroxyl groups excluding tert-OH is 1. The Morgan fingerprint density at radius 2 is 1.65 bits per heavy atom. The van der Waals surface area contributed by atoms with Crippen molar-refractivity contribution in [2.45, 2.75) is 24.5 Å². The number of sulfonamides is 1. The van der Waals surface area contributed by atoms with E-state index in [1.807, 2.05) is 30.3 Å². The van der Waals surface area contributed by atoms with Crippen molar-refractivity contribution in [3.63, 3.8) is 0 Å². The van der Waals surface area contributed by atoms with Crippen molar-refractivity contribution in [3.05, 3.63) is 65.7 Å². The van der Waals surface area contributed by atoms with Gasteiger partial charge in [0.05, 0.1) is 11.5 Å². The third kappa shape index (κ3) is 3.25. The topological polar surface area (TPSA) is 66.4 Å². The molecule has 0 heterocycles. The molecule has 0 amide bonds. The monoisotopic (exact) mass is 291 g/mol. The highest BCUT2D eigenvalue weighted by Gasteiger charge is 2.20. The Hall–Kier alpha value is -1.69. The first-order valence-corrected chi connectivity index (χ1v) is 7.79. The standard InChI is InChI=1S/C15H17NO3S/c1-12(13-7-3-2-4-8-13)16-20(18,19)15-10-6-5-9-14(15)11-17/h2-10,12,16-17H,11H2,1H3. The quantitative estimate of drug-likeness (QED) is 0.887. The second-order valence-corrected chi connectivity index (χ2v) is 6.20. The highest BCUT2D eigenvalue weighted by molar-refractivity contribution is 7.89. The average Bonchev–Trinajstić information content (AvgIpc) is 2.47. The second kappa shape index (κ2) is 6.17. The summed E-state index contributed by atoms with van der Waals surface area (Å²) in [6.07, 6.45) is 0. The van der Waals surface area contributed by atoms with Crippen molar-refractivity contribution in [1.29, 1.82) is 0 Å². The molecule has 0 aliphatic heterocycles. The molecule has 2 rings (SSSR count). The first-order valence-electron chi connectivity index (χ1n) is 6.30. The van der Waals surface area contributed by atoms with E-state index in [1.54, 1.807) is 25.1 Å². The molecule has 4 nitrogen and oxygen atoms in total. The van der Waals surface area contributed by atoms with Gasteiger partial charge in [-0.3, -0.25) is 0 Å². The van der Waals surface area contributed by atoms with Gasteiger partial charge in [0, 0.05) is 6.04 Å². The maximum absolute atomic E-state index is 12.4. The van der Waals surface area contributed by atoms with E-state index in [2.05, 4.69) is 4.72 Å². The molecule has 2 N–H and O–H groups in total. The fourth-order valence-electron chi connectivity index (χ4n) is 2.00. The van der Waals surface area contributed by atoms with Gasteiger partial charge in [-0.05, 0) is 24.1 Å². The van der Waals surface area contributed by atoms with Gasteiger partial charge in [0.15, 0.2) is 0 Å². The molecule has 1 atom stereocenters. The van der Waals surface area contributed by atoms with E-state index in [0.717, 1.165) is 5.56 Å². The minimum atomic E-state index is -3.66. The van der Waals surface area contributed by atoms with Gasteiger partial charge < -0.3 is 5.11 Å². The zero-order valence-corrected chi connectivity index (χ0v) is 12.0. The van der Waals surface area contributed by atoms with Crippen LogP contribution in [-0.2, 0) is 16.6 Å². The van der Waals surface area contributed by atoms with E-state index in [9.17, 15) is 13.5 Å². The van der Waals surface area contributed by atoms with Crippen molar-refractivity contribution in [2.24, 2.45) is 0 Å². The highest BCUT2D eigenvalue weighted by atomic mass is 32.2. The molecular formula is C15H17NO3S. The molecule has 0 saturated heterocycles. The van der Waals surface area contributed by atoms with Gasteiger partial charge in [-0.25, -0.2) is 13.1 Å². The molecule has 2 aromatic rings. The molecular weight excluding hydrogens is 274 g/mol. The minimum Gasteiger partial charge on any atom is -0.392 e. The number of hydrogen-bond donors (Lipinski definition) is 2. The summed E-state index contributed by atoms with van der Waals surface area (Å²) in [6, 6.07) is 15.4. The van der Waals surface area contributed by atoms with Gasteiger partial charge in [-0.15, -0.1) is 0 Å². The molecule has 0 aliphatic carbocycles. The molecule has 2 aromatic carbocycles. The number of aliphatic hydroxyl groups is 1. The number of nitrogens with one attached hydrogen (secondary N) is 1.